The first-order valence-electron chi connectivity index (χ1n) is 6.11. The maximum atomic E-state index is 13.5. The average Bonchev–Trinajstić information content (AvgIpc) is 2.49. The summed E-state index contributed by atoms with van der Waals surface area (Å²) in [5.74, 6) is -0.537. The zero-order chi connectivity index (χ0) is 14.5. The predicted molar refractivity (Wildman–Crippen MR) is 73.4 cm³/mol. The third kappa shape index (κ3) is 3.01. The van der Waals surface area contributed by atoms with E-state index in [0.29, 0.717) is 16.7 Å². The summed E-state index contributed by atoms with van der Waals surface area (Å²) < 4.78 is 13.5. The Morgan fingerprint density at radius 2 is 1.85 bits per heavy atom. The van der Waals surface area contributed by atoms with Crippen molar-refractivity contribution in [1.82, 2.24) is 4.90 Å². The molecular formula is C16H13FN2O. The van der Waals surface area contributed by atoms with Crippen molar-refractivity contribution in [1.29, 1.82) is 5.26 Å². The van der Waals surface area contributed by atoms with Crippen LogP contribution in [0.15, 0.2) is 48.5 Å². The van der Waals surface area contributed by atoms with E-state index in [-0.39, 0.29) is 18.3 Å². The Morgan fingerprint density at radius 1 is 1.20 bits per heavy atom. The molecule has 0 aliphatic carbocycles. The molecule has 0 radical (unpaired) electrons. The molecule has 1 amide bonds. The zero-order valence-electron chi connectivity index (χ0n) is 11.0. The van der Waals surface area contributed by atoms with Crippen LogP contribution in [0.4, 0.5) is 4.39 Å². The predicted octanol–water partition coefficient (Wildman–Crippen LogP) is 2.97. The summed E-state index contributed by atoms with van der Waals surface area (Å²) in [6.45, 7) is 0.200. The van der Waals surface area contributed by atoms with E-state index in [1.807, 2.05) is 6.07 Å². The second-order valence-electron chi connectivity index (χ2n) is 4.44. The molecular weight excluding hydrogens is 255 g/mol. The van der Waals surface area contributed by atoms with E-state index in [1.165, 1.54) is 11.0 Å². The van der Waals surface area contributed by atoms with Crippen LogP contribution in [0.3, 0.4) is 0 Å². The van der Waals surface area contributed by atoms with E-state index in [1.54, 1.807) is 49.5 Å². The van der Waals surface area contributed by atoms with Crippen molar-refractivity contribution in [2.75, 3.05) is 7.05 Å². The van der Waals surface area contributed by atoms with Crippen molar-refractivity contribution in [3.63, 3.8) is 0 Å². The van der Waals surface area contributed by atoms with Crippen molar-refractivity contribution in [3.8, 4) is 6.07 Å². The number of carbonyl (C=O) groups is 1. The quantitative estimate of drug-likeness (QED) is 0.859. The smallest absolute Gasteiger partial charge is 0.253 e. The third-order valence-electron chi connectivity index (χ3n) is 2.97. The second-order valence-corrected chi connectivity index (χ2v) is 4.44. The third-order valence-corrected chi connectivity index (χ3v) is 2.97. The monoisotopic (exact) mass is 268 g/mol. The fourth-order valence-electron chi connectivity index (χ4n) is 1.86. The van der Waals surface area contributed by atoms with E-state index in [2.05, 4.69) is 0 Å². The van der Waals surface area contributed by atoms with Gasteiger partial charge < -0.3 is 4.90 Å². The minimum Gasteiger partial charge on any atom is -0.337 e. The summed E-state index contributed by atoms with van der Waals surface area (Å²) in [5, 5.41) is 8.71. The summed E-state index contributed by atoms with van der Waals surface area (Å²) in [6.07, 6.45) is 0. The fourth-order valence-corrected chi connectivity index (χ4v) is 1.86. The fraction of sp³-hybridized carbons (Fsp3) is 0.125. The highest BCUT2D eigenvalue weighted by atomic mass is 19.1. The first-order valence-corrected chi connectivity index (χ1v) is 6.11. The van der Waals surface area contributed by atoms with Crippen molar-refractivity contribution in [2.24, 2.45) is 0 Å². The molecule has 0 atom stereocenters. The molecule has 100 valence electrons. The van der Waals surface area contributed by atoms with Gasteiger partial charge in [-0.25, -0.2) is 4.39 Å². The first-order chi connectivity index (χ1) is 9.61. The summed E-state index contributed by atoms with van der Waals surface area (Å²) in [5.41, 5.74) is 1.44. The number of halogens is 1. The highest BCUT2D eigenvalue weighted by Gasteiger charge is 2.13. The SMILES string of the molecule is CN(Cc1ccccc1F)C(=O)c1ccc(C#N)cc1. The van der Waals surface area contributed by atoms with Gasteiger partial charge in [0.2, 0.25) is 0 Å². The van der Waals surface area contributed by atoms with Crippen molar-refractivity contribution in [2.45, 2.75) is 6.54 Å². The number of hydrogen-bond acceptors (Lipinski definition) is 2. The number of hydrogen-bond donors (Lipinski definition) is 0. The molecule has 2 aromatic rings. The number of carbonyl (C=O) groups excluding carboxylic acids is 1. The van der Waals surface area contributed by atoms with Crippen LogP contribution in [0.5, 0.6) is 0 Å². The lowest BCUT2D eigenvalue weighted by molar-refractivity contribution is 0.0784. The van der Waals surface area contributed by atoms with Crippen LogP contribution in [0.1, 0.15) is 21.5 Å². The number of amides is 1. The van der Waals surface area contributed by atoms with Crippen LogP contribution in [0.2, 0.25) is 0 Å². The Morgan fingerprint density at radius 3 is 2.45 bits per heavy atom. The first kappa shape index (κ1) is 13.8. The van der Waals surface area contributed by atoms with Crippen LogP contribution in [0.25, 0.3) is 0 Å². The van der Waals surface area contributed by atoms with Gasteiger partial charge in [-0.1, -0.05) is 18.2 Å². The number of nitrogens with zero attached hydrogens (tertiary/aromatic N) is 2. The molecule has 0 saturated carbocycles. The minimum absolute atomic E-state index is 0.200. The Kier molecular flexibility index (Phi) is 4.11. The Labute approximate surface area is 116 Å². The van der Waals surface area contributed by atoms with Gasteiger partial charge in [0.1, 0.15) is 5.82 Å². The van der Waals surface area contributed by atoms with Crippen molar-refractivity contribution < 1.29 is 9.18 Å². The maximum Gasteiger partial charge on any atom is 0.253 e. The van der Waals surface area contributed by atoms with E-state index in [0.717, 1.165) is 0 Å². The normalized spacial score (nSPS) is 9.85. The number of benzene rings is 2. The lowest BCUT2D eigenvalue weighted by Crippen LogP contribution is -2.26. The van der Waals surface area contributed by atoms with E-state index in [9.17, 15) is 9.18 Å². The Bertz CT molecular complexity index is 659. The molecule has 0 bridgehead atoms. The summed E-state index contributed by atoms with van der Waals surface area (Å²) >= 11 is 0. The molecule has 3 nitrogen and oxygen atoms in total. The van der Waals surface area contributed by atoms with Crippen molar-refractivity contribution in [3.05, 3.63) is 71.0 Å². The Balaban J connectivity index is 2.12. The van der Waals surface area contributed by atoms with E-state index < -0.39 is 0 Å². The van der Waals surface area contributed by atoms with Gasteiger partial charge in [0.25, 0.3) is 5.91 Å². The summed E-state index contributed by atoms with van der Waals surface area (Å²) in [6, 6.07) is 14.7. The molecule has 0 aliphatic heterocycles. The standard InChI is InChI=1S/C16H13FN2O/c1-19(11-14-4-2-3-5-15(14)17)16(20)13-8-6-12(10-18)7-9-13/h2-9H,11H2,1H3. The van der Waals surface area contributed by atoms with Gasteiger partial charge in [-0.15, -0.1) is 0 Å². The average molecular weight is 268 g/mol. The van der Waals surface area contributed by atoms with E-state index in [4.69, 9.17) is 5.26 Å². The molecule has 0 spiro atoms. The molecule has 0 aromatic heterocycles. The van der Waals surface area contributed by atoms with Crippen LogP contribution in [-0.2, 0) is 6.54 Å². The van der Waals surface area contributed by atoms with E-state index >= 15 is 0 Å². The minimum atomic E-state index is -0.327. The molecule has 0 fully saturated rings. The molecule has 2 rings (SSSR count). The second kappa shape index (κ2) is 5.98. The summed E-state index contributed by atoms with van der Waals surface area (Å²) in [7, 11) is 1.62. The lowest BCUT2D eigenvalue weighted by atomic mass is 10.1. The van der Waals surface area contributed by atoms with Gasteiger partial charge in [0.05, 0.1) is 11.6 Å². The number of rotatable bonds is 3. The van der Waals surface area contributed by atoms with Gasteiger partial charge >= 0.3 is 0 Å². The van der Waals surface area contributed by atoms with Gasteiger partial charge in [-0.2, -0.15) is 5.26 Å². The van der Waals surface area contributed by atoms with Crippen molar-refractivity contribution >= 4 is 5.91 Å². The molecule has 0 unspecified atom stereocenters. The maximum absolute atomic E-state index is 13.5. The molecule has 20 heavy (non-hydrogen) atoms. The van der Waals surface area contributed by atoms with Crippen LogP contribution < -0.4 is 0 Å². The van der Waals surface area contributed by atoms with Gasteiger partial charge in [-0.05, 0) is 30.3 Å². The zero-order valence-corrected chi connectivity index (χ0v) is 11.0. The lowest BCUT2D eigenvalue weighted by Gasteiger charge is -2.17. The van der Waals surface area contributed by atoms with Crippen LogP contribution >= 0.6 is 0 Å². The summed E-state index contributed by atoms with van der Waals surface area (Å²) in [4.78, 5) is 13.6. The molecule has 0 N–H and O–H groups in total. The van der Waals surface area contributed by atoms with Crippen LogP contribution in [-0.4, -0.2) is 17.9 Å². The molecule has 0 aliphatic rings. The highest BCUT2D eigenvalue weighted by Crippen LogP contribution is 2.12. The molecule has 2 aromatic carbocycles. The molecule has 4 heteroatoms. The Hall–Kier alpha value is -2.67. The van der Waals surface area contributed by atoms with Crippen LogP contribution in [0, 0.1) is 17.1 Å². The van der Waals surface area contributed by atoms with Gasteiger partial charge in [0, 0.05) is 24.7 Å². The highest BCUT2D eigenvalue weighted by molar-refractivity contribution is 5.94. The topological polar surface area (TPSA) is 44.1 Å². The van der Waals surface area contributed by atoms with Gasteiger partial charge in [0.15, 0.2) is 0 Å². The van der Waals surface area contributed by atoms with Gasteiger partial charge in [-0.3, -0.25) is 4.79 Å². The molecule has 0 saturated heterocycles. The largest absolute Gasteiger partial charge is 0.337 e. The number of nitriles is 1. The molecule has 0 heterocycles.